The maximum atomic E-state index is 13.0. The van der Waals surface area contributed by atoms with Gasteiger partial charge in [0, 0.05) is 11.3 Å². The Balaban J connectivity index is 2.17. The maximum Gasteiger partial charge on any atom is 0.259 e. The average molecular weight is 144 g/mol. The lowest BCUT2D eigenvalue weighted by atomic mass is 9.68. The first-order valence-electron chi connectivity index (χ1n) is 3.63. The first kappa shape index (κ1) is 6.32. The number of rotatable bonds is 1. The minimum absolute atomic E-state index is 0.532. The second kappa shape index (κ2) is 1.44. The highest BCUT2D eigenvalue weighted by Crippen LogP contribution is 2.71. The van der Waals surface area contributed by atoms with Crippen LogP contribution in [0.15, 0.2) is 12.7 Å². The van der Waals surface area contributed by atoms with Crippen molar-refractivity contribution in [2.75, 3.05) is 0 Å². The summed E-state index contributed by atoms with van der Waals surface area (Å²) in [4.78, 5) is 0. The van der Waals surface area contributed by atoms with E-state index >= 15 is 0 Å². The fraction of sp³-hybridized carbons (Fsp3) is 0.750. The third kappa shape index (κ3) is 0.468. The summed E-state index contributed by atoms with van der Waals surface area (Å²) >= 11 is 0. The van der Waals surface area contributed by atoms with E-state index in [1.807, 2.05) is 0 Å². The molecule has 0 heterocycles. The summed E-state index contributed by atoms with van der Waals surface area (Å²) in [5, 5.41) is 0. The zero-order valence-corrected chi connectivity index (χ0v) is 5.74. The smallest absolute Gasteiger partial charge is 0.206 e. The summed E-state index contributed by atoms with van der Waals surface area (Å²) in [5.41, 5.74) is -0.564. The molecule has 0 aromatic heterocycles. The van der Waals surface area contributed by atoms with Crippen LogP contribution in [0.5, 0.6) is 0 Å². The Kier molecular flexibility index (Phi) is 0.907. The van der Waals surface area contributed by atoms with E-state index < -0.39 is 17.3 Å². The summed E-state index contributed by atoms with van der Waals surface area (Å²) in [7, 11) is 0. The minimum atomic E-state index is -2.42. The summed E-state index contributed by atoms with van der Waals surface area (Å²) < 4.78 is 25.9. The first-order chi connectivity index (χ1) is 4.62. The molecule has 2 rings (SSSR count). The van der Waals surface area contributed by atoms with Gasteiger partial charge in [0.05, 0.1) is 0 Å². The molecule has 0 radical (unpaired) electrons. The van der Waals surface area contributed by atoms with Crippen molar-refractivity contribution in [2.24, 2.45) is 11.3 Å². The molecule has 1 unspecified atom stereocenters. The number of hydrogen-bond acceptors (Lipinski definition) is 0. The molecule has 2 saturated carbocycles. The van der Waals surface area contributed by atoms with E-state index in [-0.39, 0.29) is 0 Å². The zero-order valence-electron chi connectivity index (χ0n) is 5.74. The van der Waals surface area contributed by atoms with Crippen molar-refractivity contribution < 1.29 is 8.78 Å². The van der Waals surface area contributed by atoms with Gasteiger partial charge in [0.25, 0.3) is 5.92 Å². The van der Waals surface area contributed by atoms with Gasteiger partial charge in [-0.2, -0.15) is 0 Å². The van der Waals surface area contributed by atoms with Crippen LogP contribution in [0.3, 0.4) is 0 Å². The van der Waals surface area contributed by atoms with Gasteiger partial charge in [-0.15, -0.1) is 6.58 Å². The van der Waals surface area contributed by atoms with Crippen LogP contribution in [-0.2, 0) is 0 Å². The highest BCUT2D eigenvalue weighted by Gasteiger charge is 2.73. The second-order valence-corrected chi connectivity index (χ2v) is 3.45. The van der Waals surface area contributed by atoms with Gasteiger partial charge in [0.1, 0.15) is 0 Å². The molecule has 2 fully saturated rings. The van der Waals surface area contributed by atoms with Gasteiger partial charge in [-0.1, -0.05) is 6.08 Å². The second-order valence-electron chi connectivity index (χ2n) is 3.45. The lowest BCUT2D eigenvalue weighted by Crippen LogP contribution is -2.49. The van der Waals surface area contributed by atoms with Gasteiger partial charge in [-0.25, -0.2) is 8.78 Å². The lowest BCUT2D eigenvalue weighted by Gasteiger charge is -2.43. The summed E-state index contributed by atoms with van der Waals surface area (Å²) in [6.45, 7) is 3.39. The van der Waals surface area contributed by atoms with Crippen LogP contribution in [0.4, 0.5) is 8.78 Å². The maximum absolute atomic E-state index is 13.0. The van der Waals surface area contributed by atoms with Crippen LogP contribution < -0.4 is 0 Å². The van der Waals surface area contributed by atoms with E-state index in [0.717, 1.165) is 12.8 Å². The van der Waals surface area contributed by atoms with E-state index in [4.69, 9.17) is 0 Å². The molecule has 56 valence electrons. The molecule has 2 aliphatic rings. The van der Waals surface area contributed by atoms with Crippen molar-refractivity contribution >= 4 is 0 Å². The zero-order chi connectivity index (χ0) is 7.41. The van der Waals surface area contributed by atoms with E-state index in [9.17, 15) is 8.78 Å². The summed E-state index contributed by atoms with van der Waals surface area (Å²) in [6, 6.07) is 0. The molecular formula is C8H10F2. The molecule has 0 aromatic rings. The molecule has 2 heteroatoms. The van der Waals surface area contributed by atoms with Gasteiger partial charge in [0.2, 0.25) is 0 Å². The third-order valence-electron chi connectivity index (χ3n) is 2.92. The van der Waals surface area contributed by atoms with E-state index in [0.29, 0.717) is 6.42 Å². The van der Waals surface area contributed by atoms with Gasteiger partial charge in [-0.05, 0) is 19.3 Å². The largest absolute Gasteiger partial charge is 0.259 e. The van der Waals surface area contributed by atoms with Gasteiger partial charge in [0.15, 0.2) is 0 Å². The molecule has 0 bridgehead atoms. The molecule has 1 atom stereocenters. The molecule has 0 nitrogen and oxygen atoms in total. The summed E-state index contributed by atoms with van der Waals surface area (Å²) in [5.74, 6) is -2.95. The number of hydrogen-bond donors (Lipinski definition) is 0. The fourth-order valence-electron chi connectivity index (χ4n) is 1.87. The Bertz CT molecular complexity index is 180. The Morgan fingerprint density at radius 1 is 1.40 bits per heavy atom. The lowest BCUT2D eigenvalue weighted by molar-refractivity contribution is -0.185. The van der Waals surface area contributed by atoms with Crippen LogP contribution in [-0.4, -0.2) is 5.92 Å². The van der Waals surface area contributed by atoms with Crippen LogP contribution in [0, 0.1) is 11.3 Å². The molecule has 0 saturated heterocycles. The molecule has 1 spiro atoms. The van der Waals surface area contributed by atoms with Crippen molar-refractivity contribution in [2.45, 2.75) is 25.2 Å². The highest BCUT2D eigenvalue weighted by atomic mass is 19.3. The minimum Gasteiger partial charge on any atom is -0.206 e. The Morgan fingerprint density at radius 3 is 2.30 bits per heavy atom. The van der Waals surface area contributed by atoms with Crippen molar-refractivity contribution in [3.05, 3.63) is 12.7 Å². The first-order valence-corrected chi connectivity index (χ1v) is 3.63. The van der Waals surface area contributed by atoms with Crippen molar-refractivity contribution in [3.63, 3.8) is 0 Å². The fourth-order valence-corrected chi connectivity index (χ4v) is 1.87. The Labute approximate surface area is 58.9 Å². The van der Waals surface area contributed by atoms with E-state index in [2.05, 4.69) is 6.58 Å². The molecule has 2 aliphatic carbocycles. The van der Waals surface area contributed by atoms with Gasteiger partial charge in [-0.3, -0.25) is 0 Å². The van der Waals surface area contributed by atoms with E-state index in [1.54, 1.807) is 0 Å². The SMILES string of the molecule is C=CC1CC2(CC2)C1(F)F. The van der Waals surface area contributed by atoms with E-state index in [1.165, 1.54) is 6.08 Å². The van der Waals surface area contributed by atoms with Crippen LogP contribution in [0.2, 0.25) is 0 Å². The molecule has 0 amide bonds. The standard InChI is InChI=1S/C8H10F2/c1-2-6-5-7(3-4-7)8(6,9)10/h2,6H,1,3-5H2. The number of allylic oxidation sites excluding steroid dienone is 1. The van der Waals surface area contributed by atoms with Gasteiger partial charge < -0.3 is 0 Å². The Hall–Kier alpha value is -0.400. The number of alkyl halides is 2. The molecule has 0 aromatic carbocycles. The molecule has 0 N–H and O–H groups in total. The van der Waals surface area contributed by atoms with Crippen molar-refractivity contribution in [1.29, 1.82) is 0 Å². The van der Waals surface area contributed by atoms with Crippen molar-refractivity contribution in [1.82, 2.24) is 0 Å². The molecule has 0 aliphatic heterocycles. The van der Waals surface area contributed by atoms with Crippen LogP contribution in [0.1, 0.15) is 19.3 Å². The highest BCUT2D eigenvalue weighted by molar-refractivity contribution is 5.19. The third-order valence-corrected chi connectivity index (χ3v) is 2.92. The molecule has 10 heavy (non-hydrogen) atoms. The van der Waals surface area contributed by atoms with Crippen molar-refractivity contribution in [3.8, 4) is 0 Å². The average Bonchev–Trinajstić information content (AvgIpc) is 2.63. The predicted octanol–water partition coefficient (Wildman–Crippen LogP) is 2.61. The van der Waals surface area contributed by atoms with Gasteiger partial charge >= 0.3 is 0 Å². The van der Waals surface area contributed by atoms with Crippen LogP contribution >= 0.6 is 0 Å². The molecular weight excluding hydrogens is 134 g/mol. The summed E-state index contributed by atoms with van der Waals surface area (Å²) in [6.07, 6.45) is 3.52. The predicted molar refractivity (Wildman–Crippen MR) is 34.9 cm³/mol. The quantitative estimate of drug-likeness (QED) is 0.496. The number of halogens is 2. The topological polar surface area (TPSA) is 0 Å². The van der Waals surface area contributed by atoms with Crippen LogP contribution in [0.25, 0.3) is 0 Å². The Morgan fingerprint density at radius 2 is 2.00 bits per heavy atom. The monoisotopic (exact) mass is 144 g/mol. The normalized spacial score (nSPS) is 38.8.